The second kappa shape index (κ2) is 12.4. The molecule has 0 aliphatic heterocycles. The molecule has 2 rings (SSSR count). The molecule has 164 valence electrons. The van der Waals surface area contributed by atoms with Crippen LogP contribution in [0.1, 0.15) is 34.5 Å². The second-order valence-electron chi connectivity index (χ2n) is 6.91. The molecule has 0 bridgehead atoms. The molecule has 8 heteroatoms. The Morgan fingerprint density at radius 1 is 1.23 bits per heavy atom. The van der Waals surface area contributed by atoms with Gasteiger partial charge in [0.25, 0.3) is 5.91 Å². The maximum atomic E-state index is 13.9. The van der Waals surface area contributed by atoms with Crippen LogP contribution in [0.25, 0.3) is 0 Å². The average molecular weight is 528 g/mol. The normalized spacial score (nSPS) is 11.9. The van der Waals surface area contributed by atoms with Crippen molar-refractivity contribution < 1.29 is 13.9 Å². The van der Waals surface area contributed by atoms with Crippen LogP contribution in [0.3, 0.4) is 0 Å². The Labute approximate surface area is 194 Å². The minimum atomic E-state index is -0.395. The number of nitrogens with one attached hydrogen (secondary N) is 2. The number of aliphatic imine (C=N–C) groups is 1. The van der Waals surface area contributed by atoms with Crippen LogP contribution in [-0.2, 0) is 6.42 Å². The van der Waals surface area contributed by atoms with Crippen molar-refractivity contribution in [2.75, 3.05) is 34.8 Å². The molecule has 0 aliphatic carbocycles. The summed E-state index contributed by atoms with van der Waals surface area (Å²) in [6.07, 6.45) is 0.737. The first kappa shape index (κ1) is 25.7. The van der Waals surface area contributed by atoms with Gasteiger partial charge in [-0.2, -0.15) is 0 Å². The van der Waals surface area contributed by atoms with E-state index in [9.17, 15) is 9.18 Å². The number of guanidine groups is 1. The zero-order valence-corrected chi connectivity index (χ0v) is 20.4. The molecule has 0 radical (unpaired) electrons. The molecule has 0 saturated heterocycles. The van der Waals surface area contributed by atoms with Crippen molar-refractivity contribution in [1.29, 1.82) is 0 Å². The quantitative estimate of drug-likeness (QED) is 0.328. The Hall–Kier alpha value is -2.36. The number of carbonyl (C=O) groups excluding carboxylic acids is 1. The molecular weight excluding hydrogens is 498 g/mol. The minimum Gasteiger partial charge on any atom is -0.494 e. The van der Waals surface area contributed by atoms with Crippen LogP contribution >= 0.6 is 24.0 Å². The monoisotopic (exact) mass is 528 g/mol. The fraction of sp³-hybridized carbons (Fsp3) is 0.364. The highest BCUT2D eigenvalue weighted by molar-refractivity contribution is 14.0. The molecule has 0 spiro atoms. The maximum absolute atomic E-state index is 13.9. The van der Waals surface area contributed by atoms with E-state index in [0.29, 0.717) is 18.1 Å². The van der Waals surface area contributed by atoms with E-state index in [0.717, 1.165) is 17.5 Å². The molecule has 2 aromatic carbocycles. The number of rotatable bonds is 7. The molecule has 2 aromatic rings. The van der Waals surface area contributed by atoms with Crippen LogP contribution in [0.5, 0.6) is 5.75 Å². The number of nitrogens with zero attached hydrogens (tertiary/aromatic N) is 2. The third-order valence-corrected chi connectivity index (χ3v) is 4.54. The van der Waals surface area contributed by atoms with Gasteiger partial charge in [-0.05, 0) is 48.7 Å². The van der Waals surface area contributed by atoms with Crippen LogP contribution in [0.4, 0.5) is 4.39 Å². The SMILES string of the molecule is CN=C(NCCc1cccc(C(=O)N(C)C)c1)NC(C)c1ccc(OC)c(F)c1.I. The van der Waals surface area contributed by atoms with Gasteiger partial charge in [0.2, 0.25) is 0 Å². The van der Waals surface area contributed by atoms with E-state index < -0.39 is 5.82 Å². The van der Waals surface area contributed by atoms with Crippen LogP contribution in [0.2, 0.25) is 0 Å². The van der Waals surface area contributed by atoms with Gasteiger partial charge in [0.15, 0.2) is 17.5 Å². The van der Waals surface area contributed by atoms with Gasteiger partial charge in [-0.15, -0.1) is 24.0 Å². The standard InChI is InChI=1S/C22H29FN4O2.HI/c1-15(17-9-10-20(29-5)19(23)14-17)26-22(24-2)25-12-11-16-7-6-8-18(13-16)21(28)27(3)4;/h6-10,13-15H,11-12H2,1-5H3,(H2,24,25,26);1H. The number of methoxy groups -OCH3 is 1. The van der Waals surface area contributed by atoms with E-state index in [1.807, 2.05) is 37.3 Å². The van der Waals surface area contributed by atoms with Crippen molar-refractivity contribution in [3.05, 3.63) is 65.0 Å². The highest BCUT2D eigenvalue weighted by Crippen LogP contribution is 2.21. The van der Waals surface area contributed by atoms with Gasteiger partial charge in [-0.3, -0.25) is 9.79 Å². The summed E-state index contributed by atoms with van der Waals surface area (Å²) in [5.41, 5.74) is 2.53. The number of carbonyl (C=O) groups is 1. The van der Waals surface area contributed by atoms with Gasteiger partial charge in [-0.1, -0.05) is 18.2 Å². The first-order valence-corrected chi connectivity index (χ1v) is 9.47. The zero-order valence-electron chi connectivity index (χ0n) is 18.0. The first-order valence-electron chi connectivity index (χ1n) is 9.47. The Bertz CT molecular complexity index is 874. The van der Waals surface area contributed by atoms with E-state index in [1.165, 1.54) is 13.2 Å². The largest absolute Gasteiger partial charge is 0.494 e. The third kappa shape index (κ3) is 7.16. The number of hydrogen-bond acceptors (Lipinski definition) is 3. The molecule has 0 saturated carbocycles. The van der Waals surface area contributed by atoms with E-state index >= 15 is 0 Å². The minimum absolute atomic E-state index is 0. The molecule has 0 aliphatic rings. The van der Waals surface area contributed by atoms with E-state index in [1.54, 1.807) is 32.1 Å². The number of halogens is 2. The molecule has 30 heavy (non-hydrogen) atoms. The van der Waals surface area contributed by atoms with E-state index in [2.05, 4.69) is 15.6 Å². The van der Waals surface area contributed by atoms with E-state index in [-0.39, 0.29) is 41.7 Å². The van der Waals surface area contributed by atoms with Gasteiger partial charge in [0.1, 0.15) is 0 Å². The molecule has 6 nitrogen and oxygen atoms in total. The van der Waals surface area contributed by atoms with Crippen molar-refractivity contribution in [3.8, 4) is 5.75 Å². The second-order valence-corrected chi connectivity index (χ2v) is 6.91. The lowest BCUT2D eigenvalue weighted by Gasteiger charge is -2.19. The summed E-state index contributed by atoms with van der Waals surface area (Å²) >= 11 is 0. The molecule has 1 atom stereocenters. The van der Waals surface area contributed by atoms with Gasteiger partial charge in [-0.25, -0.2) is 4.39 Å². The first-order chi connectivity index (χ1) is 13.8. The van der Waals surface area contributed by atoms with Crippen molar-refractivity contribution in [2.45, 2.75) is 19.4 Å². The molecule has 1 unspecified atom stereocenters. The maximum Gasteiger partial charge on any atom is 0.253 e. The third-order valence-electron chi connectivity index (χ3n) is 4.54. The highest BCUT2D eigenvalue weighted by atomic mass is 127. The predicted octanol–water partition coefficient (Wildman–Crippen LogP) is 3.62. The number of benzene rings is 2. The predicted molar refractivity (Wildman–Crippen MR) is 129 cm³/mol. The Morgan fingerprint density at radius 3 is 2.57 bits per heavy atom. The molecule has 0 fully saturated rings. The van der Waals surface area contributed by atoms with Gasteiger partial charge < -0.3 is 20.3 Å². The summed E-state index contributed by atoms with van der Waals surface area (Å²) in [4.78, 5) is 17.9. The average Bonchev–Trinajstić information content (AvgIpc) is 2.72. The van der Waals surface area contributed by atoms with Crippen molar-refractivity contribution >= 4 is 35.8 Å². The number of hydrogen-bond donors (Lipinski definition) is 2. The van der Waals surface area contributed by atoms with Crippen LogP contribution in [-0.4, -0.2) is 51.6 Å². The Balaban J connectivity index is 0.00000450. The van der Waals surface area contributed by atoms with Crippen LogP contribution in [0.15, 0.2) is 47.5 Å². The molecule has 1 amide bonds. The molecular formula is C22H30FIN4O2. The summed E-state index contributed by atoms with van der Waals surface area (Å²) in [6, 6.07) is 12.4. The van der Waals surface area contributed by atoms with Gasteiger partial charge >= 0.3 is 0 Å². The fourth-order valence-corrected chi connectivity index (χ4v) is 2.88. The van der Waals surface area contributed by atoms with Gasteiger partial charge in [0.05, 0.1) is 13.2 Å². The number of ether oxygens (including phenoxy) is 1. The Kier molecular flexibility index (Phi) is 10.6. The number of amides is 1. The van der Waals surface area contributed by atoms with Crippen molar-refractivity contribution in [3.63, 3.8) is 0 Å². The van der Waals surface area contributed by atoms with Crippen molar-refractivity contribution in [2.24, 2.45) is 4.99 Å². The van der Waals surface area contributed by atoms with E-state index in [4.69, 9.17) is 4.74 Å². The summed E-state index contributed by atoms with van der Waals surface area (Å²) in [6.45, 7) is 2.58. The summed E-state index contributed by atoms with van der Waals surface area (Å²) in [5, 5.41) is 6.50. The summed E-state index contributed by atoms with van der Waals surface area (Å²) in [7, 11) is 6.61. The van der Waals surface area contributed by atoms with Gasteiger partial charge in [0, 0.05) is 33.3 Å². The topological polar surface area (TPSA) is 66.0 Å². The van der Waals surface area contributed by atoms with Crippen LogP contribution in [0, 0.1) is 5.82 Å². The molecule has 0 aromatic heterocycles. The smallest absolute Gasteiger partial charge is 0.253 e. The fourth-order valence-electron chi connectivity index (χ4n) is 2.88. The van der Waals surface area contributed by atoms with Crippen molar-refractivity contribution in [1.82, 2.24) is 15.5 Å². The summed E-state index contributed by atoms with van der Waals surface area (Å²) < 4.78 is 18.9. The Morgan fingerprint density at radius 2 is 1.97 bits per heavy atom. The molecule has 2 N–H and O–H groups in total. The summed E-state index contributed by atoms with van der Waals surface area (Å²) in [5.74, 6) is 0.430. The lowest BCUT2D eigenvalue weighted by molar-refractivity contribution is 0.0827. The lowest BCUT2D eigenvalue weighted by atomic mass is 10.1. The lowest BCUT2D eigenvalue weighted by Crippen LogP contribution is -2.39. The van der Waals surface area contributed by atoms with Crippen LogP contribution < -0.4 is 15.4 Å². The highest BCUT2D eigenvalue weighted by Gasteiger charge is 2.12. The zero-order chi connectivity index (χ0) is 21.4. The molecule has 0 heterocycles.